The van der Waals surface area contributed by atoms with Crippen molar-refractivity contribution in [1.82, 2.24) is 15.1 Å². The molecule has 0 radical (unpaired) electrons. The van der Waals surface area contributed by atoms with Gasteiger partial charge in [0.15, 0.2) is 11.9 Å². The van der Waals surface area contributed by atoms with Crippen LogP contribution in [0.4, 0.5) is 0 Å². The van der Waals surface area contributed by atoms with Gasteiger partial charge in [0.05, 0.1) is 0 Å². The third kappa shape index (κ3) is 3.49. The predicted octanol–water partition coefficient (Wildman–Crippen LogP) is 1.58. The summed E-state index contributed by atoms with van der Waals surface area (Å²) >= 11 is 0. The van der Waals surface area contributed by atoms with Crippen LogP contribution in [0.25, 0.3) is 0 Å². The number of hydrogen-bond acceptors (Lipinski definition) is 7. The minimum Gasteiger partial charge on any atom is -0.448 e. The molecule has 120 valence electrons. The summed E-state index contributed by atoms with van der Waals surface area (Å²) in [6, 6.07) is 0. The molecule has 0 fully saturated rings. The van der Waals surface area contributed by atoms with Gasteiger partial charge in [-0.15, -0.1) is 0 Å². The Labute approximate surface area is 128 Å². The fourth-order valence-corrected chi connectivity index (χ4v) is 1.80. The molecule has 0 bridgehead atoms. The minimum atomic E-state index is -0.679. The van der Waals surface area contributed by atoms with Gasteiger partial charge in [0, 0.05) is 25.3 Å². The maximum Gasteiger partial charge on any atom is 0.355 e. The second-order valence-corrected chi connectivity index (χ2v) is 6.22. The molecule has 1 aliphatic rings. The maximum absolute atomic E-state index is 12.1. The van der Waals surface area contributed by atoms with Crippen LogP contribution in [0.2, 0.25) is 0 Å². The summed E-state index contributed by atoms with van der Waals surface area (Å²) in [5, 5.41) is 8.95. The highest BCUT2D eigenvalue weighted by molar-refractivity contribution is 6.37. The molecule has 2 rings (SSSR count). The van der Waals surface area contributed by atoms with E-state index >= 15 is 0 Å². The lowest BCUT2D eigenvalue weighted by Crippen LogP contribution is -2.32. The Morgan fingerprint density at radius 1 is 1.36 bits per heavy atom. The normalized spacial score (nSPS) is 17.2. The molecule has 1 unspecified atom stereocenters. The van der Waals surface area contributed by atoms with Gasteiger partial charge in [-0.1, -0.05) is 25.9 Å². The Balaban J connectivity index is 2.04. The van der Waals surface area contributed by atoms with Crippen LogP contribution in [-0.4, -0.2) is 39.8 Å². The van der Waals surface area contributed by atoms with Crippen molar-refractivity contribution >= 4 is 17.6 Å². The molecule has 1 atom stereocenters. The molecule has 0 aliphatic carbocycles. The SMILES string of the molecule is CC(OC(=O)C1=NN(C)C(=O)CC1)c1nc(C(C)(C)C)no1. The van der Waals surface area contributed by atoms with E-state index in [1.807, 2.05) is 20.8 Å². The molecule has 8 nitrogen and oxygen atoms in total. The first-order valence-electron chi connectivity index (χ1n) is 7.07. The zero-order valence-corrected chi connectivity index (χ0v) is 13.4. The van der Waals surface area contributed by atoms with E-state index in [1.165, 1.54) is 7.05 Å². The largest absolute Gasteiger partial charge is 0.448 e. The smallest absolute Gasteiger partial charge is 0.355 e. The molecule has 0 aromatic carbocycles. The minimum absolute atomic E-state index is 0.128. The highest BCUT2D eigenvalue weighted by Gasteiger charge is 2.28. The van der Waals surface area contributed by atoms with E-state index in [0.29, 0.717) is 5.82 Å². The van der Waals surface area contributed by atoms with Crippen LogP contribution in [0, 0.1) is 0 Å². The van der Waals surface area contributed by atoms with Crippen LogP contribution in [0.3, 0.4) is 0 Å². The molecule has 1 aromatic rings. The van der Waals surface area contributed by atoms with Crippen LogP contribution < -0.4 is 0 Å². The highest BCUT2D eigenvalue weighted by atomic mass is 16.6. The summed E-state index contributed by atoms with van der Waals surface area (Å²) in [7, 11) is 1.51. The van der Waals surface area contributed by atoms with E-state index < -0.39 is 12.1 Å². The summed E-state index contributed by atoms with van der Waals surface area (Å²) in [5.41, 5.74) is -0.0355. The molecule has 2 heterocycles. The first-order chi connectivity index (χ1) is 10.2. The van der Waals surface area contributed by atoms with E-state index in [-0.39, 0.29) is 35.8 Å². The topological polar surface area (TPSA) is 97.9 Å². The Kier molecular flexibility index (Phi) is 4.30. The number of hydrazone groups is 1. The molecule has 22 heavy (non-hydrogen) atoms. The van der Waals surface area contributed by atoms with Crippen molar-refractivity contribution < 1.29 is 18.8 Å². The van der Waals surface area contributed by atoms with Gasteiger partial charge in [0.25, 0.3) is 5.89 Å². The molecule has 0 saturated heterocycles. The van der Waals surface area contributed by atoms with E-state index in [2.05, 4.69) is 15.2 Å². The van der Waals surface area contributed by atoms with Crippen molar-refractivity contribution in [2.75, 3.05) is 7.05 Å². The quantitative estimate of drug-likeness (QED) is 0.786. The lowest BCUT2D eigenvalue weighted by Gasteiger charge is -2.19. The summed E-state index contributed by atoms with van der Waals surface area (Å²) in [5.74, 6) is 0.0727. The fraction of sp³-hybridized carbons (Fsp3) is 0.643. The van der Waals surface area contributed by atoms with Gasteiger partial charge < -0.3 is 9.26 Å². The van der Waals surface area contributed by atoms with Gasteiger partial charge in [0.1, 0.15) is 5.71 Å². The summed E-state index contributed by atoms with van der Waals surface area (Å²) < 4.78 is 10.4. The van der Waals surface area contributed by atoms with Crippen LogP contribution in [-0.2, 0) is 19.7 Å². The molecule has 1 amide bonds. The Hall–Kier alpha value is -2.25. The van der Waals surface area contributed by atoms with Gasteiger partial charge in [-0.2, -0.15) is 10.1 Å². The summed E-state index contributed by atoms with van der Waals surface area (Å²) in [4.78, 5) is 27.6. The molecular formula is C14H20N4O4. The number of esters is 1. The average molecular weight is 308 g/mol. The highest BCUT2D eigenvalue weighted by Crippen LogP contribution is 2.22. The average Bonchev–Trinajstić information content (AvgIpc) is 2.91. The van der Waals surface area contributed by atoms with E-state index in [4.69, 9.17) is 9.26 Å². The van der Waals surface area contributed by atoms with Crippen LogP contribution in [0.5, 0.6) is 0 Å². The molecule has 0 spiro atoms. The molecule has 0 saturated carbocycles. The van der Waals surface area contributed by atoms with E-state index in [0.717, 1.165) is 5.01 Å². The van der Waals surface area contributed by atoms with Crippen molar-refractivity contribution in [1.29, 1.82) is 0 Å². The Morgan fingerprint density at radius 3 is 2.59 bits per heavy atom. The van der Waals surface area contributed by atoms with Crippen LogP contribution in [0.1, 0.15) is 58.4 Å². The van der Waals surface area contributed by atoms with E-state index in [9.17, 15) is 9.59 Å². The van der Waals surface area contributed by atoms with Gasteiger partial charge in [-0.3, -0.25) is 4.79 Å². The summed E-state index contributed by atoms with van der Waals surface area (Å²) in [6.07, 6.45) is -0.166. The van der Waals surface area contributed by atoms with Crippen LogP contribution >= 0.6 is 0 Å². The molecule has 1 aliphatic heterocycles. The van der Waals surface area contributed by atoms with Gasteiger partial charge in [0.2, 0.25) is 5.91 Å². The fourth-order valence-electron chi connectivity index (χ4n) is 1.80. The number of aromatic nitrogens is 2. The number of ether oxygens (including phenoxy) is 1. The Bertz CT molecular complexity index is 615. The first-order valence-corrected chi connectivity index (χ1v) is 7.07. The monoisotopic (exact) mass is 308 g/mol. The number of nitrogens with zero attached hydrogens (tertiary/aromatic N) is 4. The maximum atomic E-state index is 12.1. The predicted molar refractivity (Wildman–Crippen MR) is 76.9 cm³/mol. The van der Waals surface area contributed by atoms with Crippen molar-refractivity contribution in [3.8, 4) is 0 Å². The zero-order valence-electron chi connectivity index (χ0n) is 13.4. The molecule has 8 heteroatoms. The summed E-state index contributed by atoms with van der Waals surface area (Å²) in [6.45, 7) is 7.53. The zero-order chi connectivity index (χ0) is 16.5. The number of carbonyl (C=O) groups excluding carboxylic acids is 2. The van der Waals surface area contributed by atoms with Gasteiger partial charge >= 0.3 is 5.97 Å². The molecule has 0 N–H and O–H groups in total. The lowest BCUT2D eigenvalue weighted by molar-refractivity contribution is -0.142. The number of rotatable bonds is 3. The van der Waals surface area contributed by atoms with Crippen molar-refractivity contribution in [2.45, 2.75) is 52.1 Å². The second-order valence-electron chi connectivity index (χ2n) is 6.22. The van der Waals surface area contributed by atoms with E-state index in [1.54, 1.807) is 6.92 Å². The third-order valence-corrected chi connectivity index (χ3v) is 3.19. The number of carbonyl (C=O) groups is 2. The van der Waals surface area contributed by atoms with Crippen molar-refractivity contribution in [3.63, 3.8) is 0 Å². The number of amides is 1. The Morgan fingerprint density at radius 2 is 2.05 bits per heavy atom. The third-order valence-electron chi connectivity index (χ3n) is 3.19. The number of hydrogen-bond donors (Lipinski definition) is 0. The van der Waals surface area contributed by atoms with Gasteiger partial charge in [-0.25, -0.2) is 9.80 Å². The standard InChI is InChI=1S/C14H20N4O4/c1-8(11-15-13(17-22-11)14(2,3)4)21-12(20)9-6-7-10(19)18(5)16-9/h8H,6-7H2,1-5H3. The lowest BCUT2D eigenvalue weighted by atomic mass is 9.96. The van der Waals surface area contributed by atoms with Crippen molar-refractivity contribution in [3.05, 3.63) is 11.7 Å². The molecular weight excluding hydrogens is 288 g/mol. The molecule has 1 aromatic heterocycles. The second kappa shape index (κ2) is 5.86. The first kappa shape index (κ1) is 16.1. The van der Waals surface area contributed by atoms with Crippen molar-refractivity contribution in [2.24, 2.45) is 5.10 Å². The van der Waals surface area contributed by atoms with Crippen LogP contribution in [0.15, 0.2) is 9.62 Å². The van der Waals surface area contributed by atoms with Gasteiger partial charge in [-0.05, 0) is 6.92 Å².